The third-order valence-corrected chi connectivity index (χ3v) is 4.19. The summed E-state index contributed by atoms with van der Waals surface area (Å²) in [7, 11) is 0. The van der Waals surface area contributed by atoms with Crippen molar-refractivity contribution in [2.45, 2.75) is 0 Å². The van der Waals surface area contributed by atoms with Gasteiger partial charge in [0.15, 0.2) is 0 Å². The summed E-state index contributed by atoms with van der Waals surface area (Å²) in [5.74, 6) is 0. The van der Waals surface area contributed by atoms with Gasteiger partial charge in [0.1, 0.15) is 5.65 Å². The molecule has 0 saturated carbocycles. The Hall–Kier alpha value is -3.74. The summed E-state index contributed by atoms with van der Waals surface area (Å²) in [6.07, 6.45) is 5.12. The van der Waals surface area contributed by atoms with E-state index in [1.165, 1.54) is 4.52 Å². The Morgan fingerprint density at radius 1 is 1.04 bits per heavy atom. The van der Waals surface area contributed by atoms with E-state index in [0.717, 1.165) is 33.4 Å². The summed E-state index contributed by atoms with van der Waals surface area (Å²) in [4.78, 5) is 20.1. The van der Waals surface area contributed by atoms with Crippen LogP contribution in [-0.4, -0.2) is 29.8 Å². The minimum absolute atomic E-state index is 0.196. The van der Waals surface area contributed by atoms with E-state index in [2.05, 4.69) is 25.3 Å². The van der Waals surface area contributed by atoms with Crippen molar-refractivity contribution in [1.82, 2.24) is 29.8 Å². The monoisotopic (exact) mass is 328 g/mol. The largest absolute Gasteiger partial charge is 0.339 e. The zero-order valence-corrected chi connectivity index (χ0v) is 13.0. The summed E-state index contributed by atoms with van der Waals surface area (Å²) in [6.45, 7) is 0. The van der Waals surface area contributed by atoms with Crippen LogP contribution in [0.25, 0.3) is 39.1 Å². The molecule has 25 heavy (non-hydrogen) atoms. The van der Waals surface area contributed by atoms with Gasteiger partial charge in [-0.05, 0) is 29.8 Å². The summed E-state index contributed by atoms with van der Waals surface area (Å²) in [5, 5.41) is 12.1. The molecule has 5 aromatic rings. The number of rotatable bonds is 2. The lowest BCUT2D eigenvalue weighted by atomic mass is 10.1. The molecule has 0 aliphatic rings. The summed E-state index contributed by atoms with van der Waals surface area (Å²) in [5.41, 5.74) is 4.54. The number of fused-ring (bicyclic) bond motifs is 2. The molecule has 0 saturated heterocycles. The molecule has 4 heterocycles. The van der Waals surface area contributed by atoms with Gasteiger partial charge in [0, 0.05) is 17.6 Å². The molecule has 0 atom stereocenters. The van der Waals surface area contributed by atoms with Crippen molar-refractivity contribution in [1.29, 1.82) is 0 Å². The molecule has 0 aliphatic carbocycles. The number of aromatic amines is 2. The molecule has 0 amide bonds. The molecule has 0 unspecified atom stereocenters. The highest BCUT2D eigenvalue weighted by Crippen LogP contribution is 2.24. The van der Waals surface area contributed by atoms with E-state index in [1.807, 2.05) is 36.4 Å². The van der Waals surface area contributed by atoms with Gasteiger partial charge in [-0.3, -0.25) is 14.9 Å². The molecule has 0 bridgehead atoms. The minimum atomic E-state index is -0.196. The van der Waals surface area contributed by atoms with Crippen molar-refractivity contribution in [3.05, 3.63) is 71.4 Å². The topological polar surface area (TPSA) is 91.7 Å². The van der Waals surface area contributed by atoms with Gasteiger partial charge in [0.2, 0.25) is 0 Å². The molecule has 120 valence electrons. The predicted octanol–water partition coefficient (Wildman–Crippen LogP) is 2.63. The van der Waals surface area contributed by atoms with Gasteiger partial charge in [-0.15, -0.1) is 0 Å². The highest BCUT2D eigenvalue weighted by Gasteiger charge is 2.12. The highest BCUT2D eigenvalue weighted by atomic mass is 16.1. The molecule has 0 radical (unpaired) electrons. The number of hydrogen-bond donors (Lipinski definition) is 2. The second-order valence-electron chi connectivity index (χ2n) is 5.73. The molecule has 0 spiro atoms. The van der Waals surface area contributed by atoms with Gasteiger partial charge in [0.25, 0.3) is 5.56 Å². The fourth-order valence-electron chi connectivity index (χ4n) is 2.96. The van der Waals surface area contributed by atoms with Crippen molar-refractivity contribution in [3.63, 3.8) is 0 Å². The number of aromatic nitrogens is 6. The van der Waals surface area contributed by atoms with Crippen LogP contribution in [0.2, 0.25) is 0 Å². The molecular formula is C18H12N6O. The molecule has 5 rings (SSSR count). The third kappa shape index (κ3) is 2.13. The first kappa shape index (κ1) is 13.7. The standard InChI is InChI=1S/C18H12N6O/c25-17-8-16(11-4-5-14-12(7-11)9-20-23-14)22-18-13(10-21-24(17)18)15-3-1-2-6-19-15/h1-10,22H,(H,20,23). The zero-order valence-electron chi connectivity index (χ0n) is 13.0. The lowest BCUT2D eigenvalue weighted by Gasteiger charge is -2.05. The van der Waals surface area contributed by atoms with Crippen LogP contribution in [-0.2, 0) is 0 Å². The molecule has 0 fully saturated rings. The summed E-state index contributed by atoms with van der Waals surface area (Å²) < 4.78 is 1.35. The Morgan fingerprint density at radius 3 is 2.88 bits per heavy atom. The molecule has 0 aliphatic heterocycles. The molecular weight excluding hydrogens is 316 g/mol. The molecule has 1 aromatic carbocycles. The normalized spacial score (nSPS) is 11.4. The van der Waals surface area contributed by atoms with E-state index in [-0.39, 0.29) is 5.56 Å². The van der Waals surface area contributed by atoms with E-state index in [1.54, 1.807) is 24.7 Å². The maximum Gasteiger partial charge on any atom is 0.274 e. The van der Waals surface area contributed by atoms with Crippen LogP contribution in [0.1, 0.15) is 0 Å². The molecule has 4 aromatic heterocycles. The lowest BCUT2D eigenvalue weighted by molar-refractivity contribution is 0.901. The van der Waals surface area contributed by atoms with Gasteiger partial charge >= 0.3 is 0 Å². The van der Waals surface area contributed by atoms with E-state index in [4.69, 9.17) is 0 Å². The van der Waals surface area contributed by atoms with Crippen LogP contribution in [0.3, 0.4) is 0 Å². The smallest absolute Gasteiger partial charge is 0.274 e. The number of pyridine rings is 1. The van der Waals surface area contributed by atoms with Gasteiger partial charge in [0.05, 0.1) is 34.9 Å². The van der Waals surface area contributed by atoms with Crippen molar-refractivity contribution >= 4 is 16.6 Å². The molecule has 7 nitrogen and oxygen atoms in total. The Labute approximate surface area is 141 Å². The summed E-state index contributed by atoms with van der Waals surface area (Å²) in [6, 6.07) is 13.1. The first-order chi connectivity index (χ1) is 12.3. The van der Waals surface area contributed by atoms with Crippen LogP contribution >= 0.6 is 0 Å². The first-order valence-electron chi connectivity index (χ1n) is 7.75. The average molecular weight is 328 g/mol. The van der Waals surface area contributed by atoms with Gasteiger partial charge in [-0.2, -0.15) is 14.7 Å². The number of nitrogens with zero attached hydrogens (tertiary/aromatic N) is 4. The van der Waals surface area contributed by atoms with Crippen LogP contribution in [0.4, 0.5) is 0 Å². The van der Waals surface area contributed by atoms with Crippen LogP contribution in [0, 0.1) is 0 Å². The number of H-pyrrole nitrogens is 2. The Morgan fingerprint density at radius 2 is 2.00 bits per heavy atom. The zero-order chi connectivity index (χ0) is 16.8. The predicted molar refractivity (Wildman–Crippen MR) is 94.1 cm³/mol. The van der Waals surface area contributed by atoms with Crippen LogP contribution in [0.15, 0.2) is 65.8 Å². The van der Waals surface area contributed by atoms with Gasteiger partial charge < -0.3 is 4.98 Å². The van der Waals surface area contributed by atoms with Crippen LogP contribution < -0.4 is 5.56 Å². The Kier molecular flexibility index (Phi) is 2.81. The fraction of sp³-hybridized carbons (Fsp3) is 0. The van der Waals surface area contributed by atoms with E-state index >= 15 is 0 Å². The second kappa shape index (κ2) is 5.13. The highest BCUT2D eigenvalue weighted by molar-refractivity contribution is 5.84. The van der Waals surface area contributed by atoms with Gasteiger partial charge in [-0.1, -0.05) is 12.1 Å². The number of hydrogen-bond acceptors (Lipinski definition) is 4. The van der Waals surface area contributed by atoms with Gasteiger partial charge in [-0.25, -0.2) is 0 Å². The van der Waals surface area contributed by atoms with Crippen molar-refractivity contribution in [2.75, 3.05) is 0 Å². The quantitative estimate of drug-likeness (QED) is 0.521. The van der Waals surface area contributed by atoms with Crippen LogP contribution in [0.5, 0.6) is 0 Å². The summed E-state index contributed by atoms with van der Waals surface area (Å²) >= 11 is 0. The Bertz CT molecular complexity index is 1270. The number of benzene rings is 1. The van der Waals surface area contributed by atoms with Crippen molar-refractivity contribution in [2.24, 2.45) is 0 Å². The minimum Gasteiger partial charge on any atom is -0.339 e. The van der Waals surface area contributed by atoms with E-state index in [9.17, 15) is 4.79 Å². The van der Waals surface area contributed by atoms with E-state index < -0.39 is 0 Å². The lowest BCUT2D eigenvalue weighted by Crippen LogP contribution is -2.14. The average Bonchev–Trinajstić information content (AvgIpc) is 3.28. The second-order valence-corrected chi connectivity index (χ2v) is 5.73. The molecule has 2 N–H and O–H groups in total. The van der Waals surface area contributed by atoms with E-state index in [0.29, 0.717) is 5.65 Å². The number of nitrogens with one attached hydrogen (secondary N) is 2. The maximum atomic E-state index is 12.5. The third-order valence-electron chi connectivity index (χ3n) is 4.19. The SMILES string of the molecule is O=c1cc(-c2ccc3[nH]ncc3c2)[nH]c2c(-c3ccccn3)cnn12. The fourth-order valence-corrected chi connectivity index (χ4v) is 2.96. The molecule has 7 heteroatoms. The maximum absolute atomic E-state index is 12.5. The Balaban J connectivity index is 1.75. The van der Waals surface area contributed by atoms with Crippen molar-refractivity contribution < 1.29 is 0 Å². The first-order valence-corrected chi connectivity index (χ1v) is 7.75. The van der Waals surface area contributed by atoms with Crippen molar-refractivity contribution in [3.8, 4) is 22.5 Å².